The molecule has 0 aromatic carbocycles. The second kappa shape index (κ2) is 4.59. The highest BCUT2D eigenvalue weighted by molar-refractivity contribution is 7.52. The van der Waals surface area contributed by atoms with Crippen molar-refractivity contribution in [2.45, 2.75) is 18.5 Å². The number of rotatable bonds is 3. The van der Waals surface area contributed by atoms with Gasteiger partial charge in [-0.05, 0) is 13.0 Å². The Morgan fingerprint density at radius 3 is 2.72 bits per heavy atom. The summed E-state index contributed by atoms with van der Waals surface area (Å²) in [7, 11) is -4.22. The number of ketones is 2. The van der Waals surface area contributed by atoms with Crippen molar-refractivity contribution in [1.82, 2.24) is 10.2 Å². The molecule has 100 valence electrons. The molecular formula is C10H15N2O5P. The maximum Gasteiger partial charge on any atom is 0.331 e. The molecule has 0 amide bonds. The van der Waals surface area contributed by atoms with Gasteiger partial charge in [-0.3, -0.25) is 14.2 Å². The molecule has 1 heterocycles. The van der Waals surface area contributed by atoms with Gasteiger partial charge in [0.25, 0.3) is 0 Å². The smallest absolute Gasteiger partial charge is 0.331 e. The van der Waals surface area contributed by atoms with Gasteiger partial charge in [0, 0.05) is 12.2 Å². The minimum Gasteiger partial charge on any atom is -0.362 e. The number of fused-ring (bicyclic) bond motifs is 1. The molecule has 7 nitrogen and oxygen atoms in total. The molecule has 18 heavy (non-hydrogen) atoms. The third-order valence-electron chi connectivity index (χ3n) is 3.18. The normalized spacial score (nSPS) is 28.4. The van der Waals surface area contributed by atoms with Gasteiger partial charge in [0.05, 0.1) is 6.16 Å². The maximum atomic E-state index is 11.6. The lowest BCUT2D eigenvalue weighted by atomic mass is 9.82. The van der Waals surface area contributed by atoms with Gasteiger partial charge in [-0.25, -0.2) is 0 Å². The van der Waals surface area contributed by atoms with Crippen LogP contribution in [0.3, 0.4) is 0 Å². The Kier molecular flexibility index (Phi) is 3.42. The Labute approximate surface area is 104 Å². The third-order valence-corrected chi connectivity index (χ3v) is 3.96. The first-order chi connectivity index (χ1) is 8.31. The molecule has 0 radical (unpaired) electrons. The van der Waals surface area contributed by atoms with Crippen LogP contribution in [0.5, 0.6) is 0 Å². The highest BCUT2D eigenvalue weighted by Crippen LogP contribution is 2.38. The van der Waals surface area contributed by atoms with E-state index >= 15 is 0 Å². The number of hydrogen-bond acceptors (Lipinski definition) is 5. The molecule has 2 unspecified atom stereocenters. The Morgan fingerprint density at radius 1 is 1.44 bits per heavy atom. The summed E-state index contributed by atoms with van der Waals surface area (Å²) < 4.78 is 11.0. The van der Waals surface area contributed by atoms with E-state index in [-0.39, 0.29) is 5.70 Å². The van der Waals surface area contributed by atoms with Crippen LogP contribution in [0.1, 0.15) is 6.42 Å². The van der Waals surface area contributed by atoms with Crippen LogP contribution in [0, 0.1) is 0 Å². The number of carbonyl (C=O) groups is 2. The van der Waals surface area contributed by atoms with Gasteiger partial charge in [-0.1, -0.05) is 6.58 Å². The first-order valence-electron chi connectivity index (χ1n) is 5.62. The summed E-state index contributed by atoms with van der Waals surface area (Å²) in [4.78, 5) is 42.4. The zero-order valence-electron chi connectivity index (χ0n) is 9.70. The fourth-order valence-corrected chi connectivity index (χ4v) is 3.01. The molecule has 2 rings (SSSR count). The largest absolute Gasteiger partial charge is 0.362 e. The molecule has 1 aliphatic heterocycles. The molecule has 0 spiro atoms. The van der Waals surface area contributed by atoms with Crippen LogP contribution in [0.25, 0.3) is 0 Å². The lowest BCUT2D eigenvalue weighted by molar-refractivity contribution is -0.150. The van der Waals surface area contributed by atoms with Crippen LogP contribution < -0.4 is 5.32 Å². The van der Waals surface area contributed by atoms with Crippen molar-refractivity contribution < 1.29 is 23.9 Å². The molecule has 1 aliphatic carbocycles. The molecule has 3 N–H and O–H groups in total. The maximum absolute atomic E-state index is 11.6. The summed E-state index contributed by atoms with van der Waals surface area (Å²) in [5, 5.41) is 2.96. The summed E-state index contributed by atoms with van der Waals surface area (Å²) in [5.74, 6) is -0.975. The summed E-state index contributed by atoms with van der Waals surface area (Å²) in [6.07, 6.45) is 0.200. The van der Waals surface area contributed by atoms with Gasteiger partial charge in [0.1, 0.15) is 12.1 Å². The predicted molar refractivity (Wildman–Crippen MR) is 63.0 cm³/mol. The average molecular weight is 274 g/mol. The lowest BCUT2D eigenvalue weighted by Crippen LogP contribution is -2.68. The van der Waals surface area contributed by atoms with Gasteiger partial charge in [-0.15, -0.1) is 0 Å². The Balaban J connectivity index is 2.16. The Hall–Kier alpha value is -1.01. The minimum atomic E-state index is -4.22. The van der Waals surface area contributed by atoms with Gasteiger partial charge in [-0.2, -0.15) is 0 Å². The minimum absolute atomic E-state index is 0.211. The van der Waals surface area contributed by atoms with Crippen molar-refractivity contribution in [1.29, 1.82) is 0 Å². The van der Waals surface area contributed by atoms with Crippen molar-refractivity contribution in [2.24, 2.45) is 0 Å². The van der Waals surface area contributed by atoms with E-state index in [2.05, 4.69) is 11.9 Å². The zero-order chi connectivity index (χ0) is 13.5. The quantitative estimate of drug-likeness (QED) is 0.441. The van der Waals surface area contributed by atoms with Crippen molar-refractivity contribution in [3.8, 4) is 0 Å². The monoisotopic (exact) mass is 274 g/mol. The third kappa shape index (κ3) is 2.40. The molecule has 0 aromatic rings. The van der Waals surface area contributed by atoms with Crippen LogP contribution in [0.15, 0.2) is 12.3 Å². The molecule has 0 aromatic heterocycles. The van der Waals surface area contributed by atoms with Crippen LogP contribution in [0.4, 0.5) is 0 Å². The Morgan fingerprint density at radius 2 is 2.11 bits per heavy atom. The van der Waals surface area contributed by atoms with Gasteiger partial charge >= 0.3 is 7.60 Å². The van der Waals surface area contributed by atoms with E-state index in [0.717, 1.165) is 0 Å². The highest BCUT2D eigenvalue weighted by Gasteiger charge is 2.53. The fourth-order valence-electron chi connectivity index (χ4n) is 2.35. The van der Waals surface area contributed by atoms with Crippen LogP contribution in [-0.2, 0) is 14.2 Å². The zero-order valence-corrected chi connectivity index (χ0v) is 10.6. The summed E-state index contributed by atoms with van der Waals surface area (Å²) in [6.45, 7) is 4.69. The van der Waals surface area contributed by atoms with E-state index < -0.39 is 37.4 Å². The molecule has 1 saturated carbocycles. The lowest BCUT2D eigenvalue weighted by Gasteiger charge is -2.41. The van der Waals surface area contributed by atoms with E-state index in [1.54, 1.807) is 4.90 Å². The van der Waals surface area contributed by atoms with Gasteiger partial charge in [0.15, 0.2) is 0 Å². The molecule has 2 aliphatic rings. The second-order valence-corrected chi connectivity index (χ2v) is 6.19. The molecule has 1 saturated heterocycles. The highest BCUT2D eigenvalue weighted by atomic mass is 31.2. The number of nitrogens with one attached hydrogen (secondary N) is 1. The Bertz CT molecular complexity index is 457. The average Bonchev–Trinajstić information content (AvgIpc) is 2.45. The second-order valence-electron chi connectivity index (χ2n) is 4.54. The van der Waals surface area contributed by atoms with E-state index in [9.17, 15) is 14.2 Å². The van der Waals surface area contributed by atoms with Crippen molar-refractivity contribution in [3.63, 3.8) is 0 Å². The van der Waals surface area contributed by atoms with E-state index in [4.69, 9.17) is 9.79 Å². The number of Topliss-reactive ketones (excluding diaryl/α,β-unsaturated/α-hetero) is 2. The molecule has 2 atom stereocenters. The number of allylic oxidation sites excluding steroid dienone is 1. The summed E-state index contributed by atoms with van der Waals surface area (Å²) in [6, 6.07) is -1.22. The van der Waals surface area contributed by atoms with E-state index in [1.165, 1.54) is 0 Å². The number of carbonyl (C=O) groups excluding carboxylic acids is 2. The van der Waals surface area contributed by atoms with Crippen molar-refractivity contribution >= 4 is 19.2 Å². The molecule has 0 bridgehead atoms. The van der Waals surface area contributed by atoms with E-state index in [1.807, 2.05) is 0 Å². The standard InChI is InChI=1S/C10H15N2O5P/c1-6(5-18(15,16)17)12-4-2-3-11-7-8(12)10(14)9(7)13/h7-8,11H,1-5H2,(H2,15,16,17). The van der Waals surface area contributed by atoms with Crippen molar-refractivity contribution in [2.75, 3.05) is 19.3 Å². The first-order valence-corrected chi connectivity index (χ1v) is 7.41. The van der Waals surface area contributed by atoms with Crippen LogP contribution >= 0.6 is 7.60 Å². The van der Waals surface area contributed by atoms with Gasteiger partial charge in [0.2, 0.25) is 11.6 Å². The molecule has 8 heteroatoms. The number of hydrogen-bond donors (Lipinski definition) is 3. The molecule has 2 fully saturated rings. The van der Waals surface area contributed by atoms with Crippen LogP contribution in [-0.4, -0.2) is 57.6 Å². The topological polar surface area (TPSA) is 107 Å². The number of nitrogens with zero attached hydrogens (tertiary/aromatic N) is 1. The summed E-state index contributed by atoms with van der Waals surface area (Å²) in [5.41, 5.74) is 0.211. The predicted octanol–water partition coefficient (Wildman–Crippen LogP) is -1.14. The van der Waals surface area contributed by atoms with E-state index in [0.29, 0.717) is 19.5 Å². The fraction of sp³-hybridized carbons (Fsp3) is 0.600. The van der Waals surface area contributed by atoms with Crippen LogP contribution in [0.2, 0.25) is 0 Å². The molecular weight excluding hydrogens is 259 g/mol. The summed E-state index contributed by atoms with van der Waals surface area (Å²) >= 11 is 0. The van der Waals surface area contributed by atoms with Gasteiger partial charge < -0.3 is 20.0 Å². The SMILES string of the molecule is C=C(CP(=O)(O)O)N1CCCNC2C(=O)C(=O)C21. The first kappa shape index (κ1) is 13.4. The van der Waals surface area contributed by atoms with Crippen molar-refractivity contribution in [3.05, 3.63) is 12.3 Å².